The summed E-state index contributed by atoms with van der Waals surface area (Å²) in [6.07, 6.45) is 3.58. The van der Waals surface area contributed by atoms with Crippen LogP contribution >= 0.6 is 23.8 Å². The van der Waals surface area contributed by atoms with Crippen LogP contribution in [0.15, 0.2) is 24.3 Å². The number of rotatable bonds is 1. The molecular formula is C16H23ClN2S. The second kappa shape index (κ2) is 5.53. The van der Waals surface area contributed by atoms with Gasteiger partial charge >= 0.3 is 0 Å². The van der Waals surface area contributed by atoms with Crippen molar-refractivity contribution >= 4 is 34.6 Å². The van der Waals surface area contributed by atoms with Crippen LogP contribution in [0.25, 0.3) is 0 Å². The van der Waals surface area contributed by atoms with E-state index in [4.69, 9.17) is 23.8 Å². The molecule has 4 heteroatoms. The molecule has 0 bridgehead atoms. The van der Waals surface area contributed by atoms with Crippen molar-refractivity contribution < 1.29 is 0 Å². The van der Waals surface area contributed by atoms with Gasteiger partial charge in [0.1, 0.15) is 0 Å². The average molecular weight is 311 g/mol. The third-order valence-corrected chi connectivity index (χ3v) is 4.62. The van der Waals surface area contributed by atoms with Crippen LogP contribution in [0.2, 0.25) is 5.02 Å². The maximum absolute atomic E-state index is 5.92. The molecule has 110 valence electrons. The number of halogens is 1. The standard InChI is InChI=1S/C16H23ClN2S/c1-15(2)10-5-11-16(3,4)19(15)14(20)18-13-8-6-12(17)7-9-13/h6-9H,5,10-11H2,1-4H3,(H,18,20). The average Bonchev–Trinajstić information content (AvgIpc) is 2.29. The number of benzene rings is 1. The Morgan fingerprint density at radius 3 is 2.10 bits per heavy atom. The van der Waals surface area contributed by atoms with Crippen LogP contribution < -0.4 is 5.32 Å². The molecule has 0 aliphatic carbocycles. The summed E-state index contributed by atoms with van der Waals surface area (Å²) in [6, 6.07) is 7.66. The molecule has 1 aliphatic heterocycles. The fourth-order valence-corrected chi connectivity index (χ4v) is 4.00. The first kappa shape index (κ1) is 15.6. The smallest absolute Gasteiger partial charge is 0.174 e. The molecule has 2 nitrogen and oxygen atoms in total. The molecule has 1 aliphatic rings. The molecule has 1 fully saturated rings. The van der Waals surface area contributed by atoms with Gasteiger partial charge in [-0.25, -0.2) is 0 Å². The predicted octanol–water partition coefficient (Wildman–Crippen LogP) is 5.08. The highest BCUT2D eigenvalue weighted by molar-refractivity contribution is 7.80. The number of likely N-dealkylation sites (tertiary alicyclic amines) is 1. The first-order valence-electron chi connectivity index (χ1n) is 7.09. The minimum absolute atomic E-state index is 0.0816. The highest BCUT2D eigenvalue weighted by Crippen LogP contribution is 2.38. The number of hydrogen-bond donors (Lipinski definition) is 1. The lowest BCUT2D eigenvalue weighted by molar-refractivity contribution is 0.0440. The summed E-state index contributed by atoms with van der Waals surface area (Å²) in [6.45, 7) is 9.07. The Morgan fingerprint density at radius 1 is 1.10 bits per heavy atom. The molecule has 0 radical (unpaired) electrons. The number of piperidine rings is 1. The van der Waals surface area contributed by atoms with Crippen molar-refractivity contribution in [3.8, 4) is 0 Å². The van der Waals surface area contributed by atoms with Crippen LogP contribution in [-0.2, 0) is 0 Å². The normalized spacial score (nSPS) is 20.6. The first-order chi connectivity index (χ1) is 9.22. The third kappa shape index (κ3) is 3.26. The van der Waals surface area contributed by atoms with Gasteiger partial charge in [0.05, 0.1) is 0 Å². The Balaban J connectivity index is 2.19. The predicted molar refractivity (Wildman–Crippen MR) is 91.5 cm³/mol. The Hall–Kier alpha value is -0.800. The summed E-state index contributed by atoms with van der Waals surface area (Å²) in [4.78, 5) is 2.35. The van der Waals surface area contributed by atoms with Gasteiger partial charge in [-0.3, -0.25) is 0 Å². The Labute approximate surface area is 132 Å². The van der Waals surface area contributed by atoms with Crippen molar-refractivity contribution in [1.82, 2.24) is 4.90 Å². The molecule has 1 heterocycles. The van der Waals surface area contributed by atoms with Crippen LogP contribution in [0.4, 0.5) is 5.69 Å². The molecule has 1 aromatic carbocycles. The van der Waals surface area contributed by atoms with Gasteiger partial charge in [-0.2, -0.15) is 0 Å². The van der Waals surface area contributed by atoms with E-state index in [2.05, 4.69) is 37.9 Å². The van der Waals surface area contributed by atoms with E-state index in [1.54, 1.807) is 0 Å². The van der Waals surface area contributed by atoms with Gasteiger partial charge in [0.15, 0.2) is 5.11 Å². The molecule has 1 aromatic rings. The minimum atomic E-state index is 0.0816. The number of nitrogens with zero attached hydrogens (tertiary/aromatic N) is 1. The largest absolute Gasteiger partial charge is 0.339 e. The molecule has 2 rings (SSSR count). The first-order valence-corrected chi connectivity index (χ1v) is 7.88. The van der Waals surface area contributed by atoms with E-state index < -0.39 is 0 Å². The summed E-state index contributed by atoms with van der Waals surface area (Å²) in [5.74, 6) is 0. The zero-order chi connectivity index (χ0) is 15.0. The van der Waals surface area contributed by atoms with Gasteiger partial charge in [0, 0.05) is 21.8 Å². The van der Waals surface area contributed by atoms with Crippen molar-refractivity contribution in [3.63, 3.8) is 0 Å². The van der Waals surface area contributed by atoms with Crippen molar-refractivity contribution in [2.45, 2.75) is 58.0 Å². The van der Waals surface area contributed by atoms with Crippen LogP contribution in [0.3, 0.4) is 0 Å². The summed E-state index contributed by atoms with van der Waals surface area (Å²) in [5, 5.41) is 4.88. The van der Waals surface area contributed by atoms with Crippen molar-refractivity contribution in [2.75, 3.05) is 5.32 Å². The van der Waals surface area contributed by atoms with Crippen LogP contribution in [0.1, 0.15) is 47.0 Å². The zero-order valence-corrected chi connectivity index (χ0v) is 14.2. The summed E-state index contributed by atoms with van der Waals surface area (Å²) >= 11 is 11.6. The maximum Gasteiger partial charge on any atom is 0.174 e. The molecule has 0 spiro atoms. The van der Waals surface area contributed by atoms with E-state index in [1.807, 2.05) is 24.3 Å². The van der Waals surface area contributed by atoms with Crippen molar-refractivity contribution in [3.05, 3.63) is 29.3 Å². The second-order valence-corrected chi connectivity index (χ2v) is 7.57. The maximum atomic E-state index is 5.92. The molecule has 0 unspecified atom stereocenters. The van der Waals surface area contributed by atoms with E-state index in [-0.39, 0.29) is 11.1 Å². The molecule has 0 saturated carbocycles. The van der Waals surface area contributed by atoms with Gasteiger partial charge in [0.25, 0.3) is 0 Å². The quantitative estimate of drug-likeness (QED) is 0.728. The summed E-state index contributed by atoms with van der Waals surface area (Å²) < 4.78 is 0. The summed E-state index contributed by atoms with van der Waals surface area (Å²) in [7, 11) is 0. The lowest BCUT2D eigenvalue weighted by Crippen LogP contribution is -2.61. The fraction of sp³-hybridized carbons (Fsp3) is 0.562. The third-order valence-electron chi connectivity index (χ3n) is 4.09. The lowest BCUT2D eigenvalue weighted by Gasteiger charge is -2.54. The van der Waals surface area contributed by atoms with E-state index in [9.17, 15) is 0 Å². The monoisotopic (exact) mass is 310 g/mol. The Kier molecular flexibility index (Phi) is 4.31. The molecule has 20 heavy (non-hydrogen) atoms. The summed E-state index contributed by atoms with van der Waals surface area (Å²) in [5.41, 5.74) is 1.15. The minimum Gasteiger partial charge on any atom is -0.339 e. The molecule has 0 aromatic heterocycles. The number of nitrogens with one attached hydrogen (secondary N) is 1. The Bertz CT molecular complexity index is 478. The number of anilines is 1. The molecule has 1 saturated heterocycles. The number of thiocarbonyl (C=S) groups is 1. The van der Waals surface area contributed by atoms with Crippen molar-refractivity contribution in [1.29, 1.82) is 0 Å². The van der Waals surface area contributed by atoms with Crippen molar-refractivity contribution in [2.24, 2.45) is 0 Å². The zero-order valence-electron chi connectivity index (χ0n) is 12.7. The SMILES string of the molecule is CC1(C)CCCC(C)(C)N1C(=S)Nc1ccc(Cl)cc1. The van der Waals surface area contributed by atoms with Gasteiger partial charge in [-0.05, 0) is 83.4 Å². The molecule has 1 N–H and O–H groups in total. The van der Waals surface area contributed by atoms with E-state index >= 15 is 0 Å². The van der Waals surface area contributed by atoms with E-state index in [0.29, 0.717) is 0 Å². The van der Waals surface area contributed by atoms with Gasteiger partial charge in [-0.15, -0.1) is 0 Å². The molecule has 0 amide bonds. The topological polar surface area (TPSA) is 15.3 Å². The molecular weight excluding hydrogens is 288 g/mol. The lowest BCUT2D eigenvalue weighted by atomic mass is 9.80. The fourth-order valence-electron chi connectivity index (χ4n) is 3.26. The van der Waals surface area contributed by atoms with Gasteiger partial charge < -0.3 is 10.2 Å². The van der Waals surface area contributed by atoms with E-state index in [1.165, 1.54) is 19.3 Å². The highest BCUT2D eigenvalue weighted by atomic mass is 35.5. The second-order valence-electron chi connectivity index (χ2n) is 6.75. The van der Waals surface area contributed by atoms with Gasteiger partial charge in [-0.1, -0.05) is 11.6 Å². The van der Waals surface area contributed by atoms with Crippen LogP contribution in [-0.4, -0.2) is 21.1 Å². The Morgan fingerprint density at radius 2 is 1.60 bits per heavy atom. The highest BCUT2D eigenvalue weighted by Gasteiger charge is 2.42. The van der Waals surface area contributed by atoms with Crippen LogP contribution in [0, 0.1) is 0 Å². The number of hydrogen-bond acceptors (Lipinski definition) is 1. The van der Waals surface area contributed by atoms with E-state index in [0.717, 1.165) is 15.8 Å². The van der Waals surface area contributed by atoms with Gasteiger partial charge in [0.2, 0.25) is 0 Å². The van der Waals surface area contributed by atoms with Crippen LogP contribution in [0.5, 0.6) is 0 Å². The molecule has 0 atom stereocenters.